The van der Waals surface area contributed by atoms with Gasteiger partial charge in [0.1, 0.15) is 11.7 Å². The molecule has 0 aliphatic carbocycles. The topological polar surface area (TPSA) is 113 Å². The van der Waals surface area contributed by atoms with Crippen molar-refractivity contribution in [2.24, 2.45) is 0 Å². The smallest absolute Gasteiger partial charge is 0.326 e. The van der Waals surface area contributed by atoms with Crippen LogP contribution in [0.15, 0.2) is 18.2 Å². The van der Waals surface area contributed by atoms with Gasteiger partial charge in [-0.2, -0.15) is 0 Å². The number of carboxylic acid groups (broad SMARTS) is 1. The molecule has 1 aromatic carbocycles. The second kappa shape index (κ2) is 5.78. The highest BCUT2D eigenvalue weighted by atomic mass is 16.6. The summed E-state index contributed by atoms with van der Waals surface area (Å²) in [7, 11) is 1.55. The zero-order valence-electron chi connectivity index (χ0n) is 11.4. The highest BCUT2D eigenvalue weighted by Crippen LogP contribution is 2.27. The predicted octanol–water partition coefficient (Wildman–Crippen LogP) is 1.33. The highest BCUT2D eigenvalue weighted by molar-refractivity contribution is 5.98. The fourth-order valence-electron chi connectivity index (χ4n) is 2.46. The number of aliphatic carboxylic acids is 1. The number of amides is 1. The first-order chi connectivity index (χ1) is 9.95. The summed E-state index contributed by atoms with van der Waals surface area (Å²) >= 11 is 0. The van der Waals surface area contributed by atoms with E-state index in [1.165, 1.54) is 23.1 Å². The molecule has 1 aliphatic rings. The van der Waals surface area contributed by atoms with Crippen LogP contribution in [0.4, 0.5) is 11.4 Å². The summed E-state index contributed by atoms with van der Waals surface area (Å²) in [5.41, 5.74) is 0.205. The number of nitro benzene ring substituents is 1. The molecule has 1 aromatic rings. The zero-order valence-corrected chi connectivity index (χ0v) is 11.4. The van der Waals surface area contributed by atoms with E-state index >= 15 is 0 Å². The lowest BCUT2D eigenvalue weighted by molar-refractivity contribution is -0.384. The molecule has 1 saturated heterocycles. The van der Waals surface area contributed by atoms with Crippen molar-refractivity contribution in [1.29, 1.82) is 0 Å². The van der Waals surface area contributed by atoms with E-state index in [1.807, 2.05) is 0 Å². The van der Waals surface area contributed by atoms with Gasteiger partial charge in [0.15, 0.2) is 0 Å². The van der Waals surface area contributed by atoms with Crippen molar-refractivity contribution in [1.82, 2.24) is 4.90 Å². The number of carbonyl (C=O) groups excluding carboxylic acids is 1. The number of nitrogens with zero attached hydrogens (tertiary/aromatic N) is 2. The third-order valence-corrected chi connectivity index (χ3v) is 3.51. The summed E-state index contributed by atoms with van der Waals surface area (Å²) in [6.45, 7) is 0.345. The number of nitro groups is 1. The Hall–Kier alpha value is -2.64. The van der Waals surface area contributed by atoms with Gasteiger partial charge in [0.25, 0.3) is 11.6 Å². The molecule has 0 radical (unpaired) electrons. The van der Waals surface area contributed by atoms with E-state index in [0.29, 0.717) is 25.1 Å². The Morgan fingerprint density at radius 1 is 1.48 bits per heavy atom. The molecule has 8 nitrogen and oxygen atoms in total. The summed E-state index contributed by atoms with van der Waals surface area (Å²) in [6.07, 6.45) is 1.01. The fourth-order valence-corrected chi connectivity index (χ4v) is 2.46. The average Bonchev–Trinajstić information content (AvgIpc) is 2.95. The summed E-state index contributed by atoms with van der Waals surface area (Å²) in [5.74, 6) is -1.55. The first kappa shape index (κ1) is 14.8. The molecule has 2 N–H and O–H groups in total. The van der Waals surface area contributed by atoms with Gasteiger partial charge in [-0.25, -0.2) is 4.79 Å². The molecule has 0 spiro atoms. The third-order valence-electron chi connectivity index (χ3n) is 3.51. The summed E-state index contributed by atoms with van der Waals surface area (Å²) in [4.78, 5) is 35.1. The normalized spacial score (nSPS) is 17.6. The van der Waals surface area contributed by atoms with Crippen molar-refractivity contribution in [2.75, 3.05) is 18.9 Å². The maximum absolute atomic E-state index is 12.4. The van der Waals surface area contributed by atoms with Gasteiger partial charge in [0.05, 0.1) is 4.92 Å². The standard InChI is InChI=1S/C13H15N3O5/c1-14-9-5-4-8(7-11(9)16(20)21)12(17)15-6-2-3-10(15)13(18)19/h4-5,7,10,14H,2-3,6H2,1H3,(H,18,19). The molecule has 0 aromatic heterocycles. The molecule has 1 unspecified atom stereocenters. The molecular weight excluding hydrogens is 278 g/mol. The summed E-state index contributed by atoms with van der Waals surface area (Å²) < 4.78 is 0. The number of hydrogen-bond donors (Lipinski definition) is 2. The Kier molecular flexibility index (Phi) is 4.06. The monoisotopic (exact) mass is 293 g/mol. The van der Waals surface area contributed by atoms with Crippen LogP contribution in [0, 0.1) is 10.1 Å². The lowest BCUT2D eigenvalue weighted by atomic mass is 10.1. The second-order valence-electron chi connectivity index (χ2n) is 4.73. The van der Waals surface area contributed by atoms with Crippen LogP contribution in [0.1, 0.15) is 23.2 Å². The number of benzene rings is 1. The predicted molar refractivity (Wildman–Crippen MR) is 74.3 cm³/mol. The molecule has 2 rings (SSSR count). The minimum atomic E-state index is -1.05. The van der Waals surface area contributed by atoms with Gasteiger partial charge in [-0.05, 0) is 25.0 Å². The summed E-state index contributed by atoms with van der Waals surface area (Å²) in [6, 6.07) is 3.21. The van der Waals surface area contributed by atoms with E-state index in [0.717, 1.165) is 0 Å². The van der Waals surface area contributed by atoms with Crippen LogP contribution in [-0.2, 0) is 4.79 Å². The number of anilines is 1. The largest absolute Gasteiger partial charge is 0.480 e. The Morgan fingerprint density at radius 3 is 2.76 bits per heavy atom. The van der Waals surface area contributed by atoms with E-state index in [1.54, 1.807) is 7.05 Å². The second-order valence-corrected chi connectivity index (χ2v) is 4.73. The quantitative estimate of drug-likeness (QED) is 0.639. The number of rotatable bonds is 4. The molecule has 1 atom stereocenters. The first-order valence-electron chi connectivity index (χ1n) is 6.45. The van der Waals surface area contributed by atoms with Gasteiger partial charge in [-0.3, -0.25) is 14.9 Å². The molecule has 8 heteroatoms. The van der Waals surface area contributed by atoms with Crippen molar-refractivity contribution >= 4 is 23.3 Å². The Balaban J connectivity index is 2.33. The van der Waals surface area contributed by atoms with Crippen LogP contribution in [0.5, 0.6) is 0 Å². The van der Waals surface area contributed by atoms with E-state index in [-0.39, 0.29) is 11.3 Å². The maximum atomic E-state index is 12.4. The molecule has 0 bridgehead atoms. The lowest BCUT2D eigenvalue weighted by Crippen LogP contribution is -2.40. The minimum absolute atomic E-state index is 0.119. The van der Waals surface area contributed by atoms with Gasteiger partial charge >= 0.3 is 5.97 Å². The maximum Gasteiger partial charge on any atom is 0.326 e. The minimum Gasteiger partial charge on any atom is -0.480 e. The Morgan fingerprint density at radius 2 is 2.19 bits per heavy atom. The van der Waals surface area contributed by atoms with Crippen molar-refractivity contribution in [2.45, 2.75) is 18.9 Å². The first-order valence-corrected chi connectivity index (χ1v) is 6.45. The highest BCUT2D eigenvalue weighted by Gasteiger charge is 2.34. The van der Waals surface area contributed by atoms with Crippen molar-refractivity contribution in [3.63, 3.8) is 0 Å². The average molecular weight is 293 g/mol. The number of likely N-dealkylation sites (tertiary alicyclic amines) is 1. The molecule has 1 aliphatic heterocycles. The van der Waals surface area contributed by atoms with E-state index in [2.05, 4.69) is 5.32 Å². The summed E-state index contributed by atoms with van der Waals surface area (Å²) in [5, 5.41) is 22.8. The van der Waals surface area contributed by atoms with Crippen LogP contribution < -0.4 is 5.32 Å². The number of hydrogen-bond acceptors (Lipinski definition) is 5. The van der Waals surface area contributed by atoms with E-state index in [9.17, 15) is 19.7 Å². The van der Waals surface area contributed by atoms with E-state index in [4.69, 9.17) is 5.11 Å². The third kappa shape index (κ3) is 2.78. The molecule has 1 fully saturated rings. The number of carboxylic acids is 1. The van der Waals surface area contributed by atoms with Gasteiger partial charge in [0, 0.05) is 25.2 Å². The number of nitrogens with one attached hydrogen (secondary N) is 1. The van der Waals surface area contributed by atoms with Gasteiger partial charge < -0.3 is 15.3 Å². The molecule has 112 valence electrons. The van der Waals surface area contributed by atoms with Crippen LogP contribution in [-0.4, -0.2) is 46.4 Å². The number of carbonyl (C=O) groups is 2. The molecule has 1 amide bonds. The van der Waals surface area contributed by atoms with Crippen LogP contribution in [0.3, 0.4) is 0 Å². The molecule has 0 saturated carbocycles. The van der Waals surface area contributed by atoms with Gasteiger partial charge in [-0.15, -0.1) is 0 Å². The Bertz CT molecular complexity index is 601. The van der Waals surface area contributed by atoms with Crippen molar-refractivity contribution in [3.8, 4) is 0 Å². The fraction of sp³-hybridized carbons (Fsp3) is 0.385. The van der Waals surface area contributed by atoms with Gasteiger partial charge in [0.2, 0.25) is 0 Å². The Labute approximate surface area is 120 Å². The van der Waals surface area contributed by atoms with Crippen molar-refractivity contribution in [3.05, 3.63) is 33.9 Å². The molecular formula is C13H15N3O5. The van der Waals surface area contributed by atoms with Crippen LogP contribution >= 0.6 is 0 Å². The SMILES string of the molecule is CNc1ccc(C(=O)N2CCCC2C(=O)O)cc1[N+](=O)[O-]. The van der Waals surface area contributed by atoms with Crippen LogP contribution in [0.25, 0.3) is 0 Å². The van der Waals surface area contributed by atoms with E-state index < -0.39 is 22.8 Å². The van der Waals surface area contributed by atoms with Gasteiger partial charge in [-0.1, -0.05) is 0 Å². The molecule has 21 heavy (non-hydrogen) atoms. The van der Waals surface area contributed by atoms with Crippen LogP contribution in [0.2, 0.25) is 0 Å². The zero-order chi connectivity index (χ0) is 15.6. The lowest BCUT2D eigenvalue weighted by Gasteiger charge is -2.21. The molecule has 1 heterocycles. The van der Waals surface area contributed by atoms with Crippen molar-refractivity contribution < 1.29 is 19.6 Å².